The minimum Gasteiger partial charge on any atom is -0.359 e. The largest absolute Gasteiger partial charge is 0.359 e. The van der Waals surface area contributed by atoms with Crippen LogP contribution in [0.15, 0.2) is 22.7 Å². The molecule has 0 saturated heterocycles. The fourth-order valence-electron chi connectivity index (χ4n) is 1.67. The highest BCUT2D eigenvalue weighted by atomic mass is 79.9. The third-order valence-corrected chi connectivity index (χ3v) is 3.40. The van der Waals surface area contributed by atoms with E-state index in [1.54, 1.807) is 21.0 Å². The van der Waals surface area contributed by atoms with E-state index in [1.807, 2.05) is 0 Å². The first-order valence-corrected chi connectivity index (χ1v) is 6.58. The lowest BCUT2D eigenvalue weighted by Crippen LogP contribution is -2.37. The van der Waals surface area contributed by atoms with E-state index < -0.39 is 5.82 Å². The number of nitrogens with zero attached hydrogens (tertiary/aromatic N) is 1. The van der Waals surface area contributed by atoms with Crippen molar-refractivity contribution in [2.24, 2.45) is 5.92 Å². The van der Waals surface area contributed by atoms with Crippen LogP contribution in [-0.4, -0.2) is 37.4 Å². The van der Waals surface area contributed by atoms with E-state index in [0.717, 1.165) is 0 Å². The minimum absolute atomic E-state index is 0.137. The summed E-state index contributed by atoms with van der Waals surface area (Å²) in [7, 11) is 3.13. The van der Waals surface area contributed by atoms with E-state index in [0.29, 0.717) is 4.47 Å². The van der Waals surface area contributed by atoms with Gasteiger partial charge in [-0.3, -0.25) is 9.59 Å². The number of nitrogens with one attached hydrogen (secondary N) is 1. The molecular weight excluding hydrogens is 315 g/mol. The number of hydrogen-bond donors (Lipinski definition) is 1. The van der Waals surface area contributed by atoms with E-state index >= 15 is 0 Å². The van der Waals surface area contributed by atoms with Crippen molar-refractivity contribution in [3.8, 4) is 0 Å². The van der Waals surface area contributed by atoms with Crippen molar-refractivity contribution in [3.05, 3.63) is 34.1 Å². The van der Waals surface area contributed by atoms with Gasteiger partial charge in [-0.1, -0.05) is 6.92 Å². The molecule has 1 atom stereocenters. The molecule has 0 aliphatic carbocycles. The van der Waals surface area contributed by atoms with Gasteiger partial charge in [0.25, 0.3) is 5.91 Å². The summed E-state index contributed by atoms with van der Waals surface area (Å²) < 4.78 is 13.7. The Labute approximate surface area is 120 Å². The normalized spacial score (nSPS) is 11.8. The average molecular weight is 331 g/mol. The zero-order chi connectivity index (χ0) is 14.6. The summed E-state index contributed by atoms with van der Waals surface area (Å²) in [6.45, 7) is 2.00. The van der Waals surface area contributed by atoms with E-state index in [9.17, 15) is 14.0 Å². The standard InChI is InChI=1S/C13H16BrFN2O2/c1-8(12(18)16-2)7-17(3)13(19)9-4-5-10(14)11(15)6-9/h4-6,8H,7H2,1-3H3,(H,16,18). The first-order valence-electron chi connectivity index (χ1n) is 5.79. The molecule has 0 aliphatic heterocycles. The van der Waals surface area contributed by atoms with Gasteiger partial charge in [0, 0.05) is 26.2 Å². The molecule has 1 unspecified atom stereocenters. The molecule has 0 saturated carbocycles. The molecule has 104 valence electrons. The molecule has 1 rings (SSSR count). The Morgan fingerprint density at radius 1 is 1.47 bits per heavy atom. The van der Waals surface area contributed by atoms with Gasteiger partial charge >= 0.3 is 0 Å². The Morgan fingerprint density at radius 3 is 2.63 bits per heavy atom. The fourth-order valence-corrected chi connectivity index (χ4v) is 1.92. The molecule has 0 radical (unpaired) electrons. The van der Waals surface area contributed by atoms with Crippen LogP contribution in [0.5, 0.6) is 0 Å². The molecule has 1 N–H and O–H groups in total. The third-order valence-electron chi connectivity index (χ3n) is 2.75. The second kappa shape index (κ2) is 6.65. The van der Waals surface area contributed by atoms with Gasteiger partial charge < -0.3 is 10.2 Å². The SMILES string of the molecule is CNC(=O)C(C)CN(C)C(=O)c1ccc(Br)c(F)c1. The number of rotatable bonds is 4. The van der Waals surface area contributed by atoms with Crippen molar-refractivity contribution < 1.29 is 14.0 Å². The van der Waals surface area contributed by atoms with Crippen molar-refractivity contribution >= 4 is 27.7 Å². The first kappa shape index (κ1) is 15.6. The number of halogens is 2. The first-order chi connectivity index (χ1) is 8.86. The number of carbonyl (C=O) groups is 2. The van der Waals surface area contributed by atoms with Crippen molar-refractivity contribution in [3.63, 3.8) is 0 Å². The summed E-state index contributed by atoms with van der Waals surface area (Å²) in [5, 5.41) is 2.52. The number of benzene rings is 1. The summed E-state index contributed by atoms with van der Waals surface area (Å²) in [6.07, 6.45) is 0. The average Bonchev–Trinajstić information content (AvgIpc) is 2.39. The maximum atomic E-state index is 13.4. The Balaban J connectivity index is 2.76. The van der Waals surface area contributed by atoms with Crippen molar-refractivity contribution in [2.75, 3.05) is 20.6 Å². The molecule has 0 aliphatic rings. The van der Waals surface area contributed by atoms with Crippen molar-refractivity contribution in [1.82, 2.24) is 10.2 Å². The Morgan fingerprint density at radius 2 is 2.11 bits per heavy atom. The van der Waals surface area contributed by atoms with Crippen molar-refractivity contribution in [2.45, 2.75) is 6.92 Å². The van der Waals surface area contributed by atoms with Gasteiger partial charge in [-0.05, 0) is 34.1 Å². The van der Waals surface area contributed by atoms with Crippen LogP contribution in [0.1, 0.15) is 17.3 Å². The minimum atomic E-state index is -0.487. The summed E-state index contributed by atoms with van der Waals surface area (Å²) in [5.41, 5.74) is 0.257. The Kier molecular flexibility index (Phi) is 5.47. The zero-order valence-electron chi connectivity index (χ0n) is 11.0. The Hall–Kier alpha value is -1.43. The second-order valence-corrected chi connectivity index (χ2v) is 5.18. The molecule has 1 aromatic carbocycles. The molecule has 6 heteroatoms. The van der Waals surface area contributed by atoms with Crippen LogP contribution in [0, 0.1) is 11.7 Å². The molecule has 0 heterocycles. The summed E-state index contributed by atoms with van der Waals surface area (Å²) in [5.74, 6) is -1.26. The van der Waals surface area contributed by atoms with E-state index in [-0.39, 0.29) is 29.8 Å². The molecule has 0 aromatic heterocycles. The predicted molar refractivity (Wildman–Crippen MR) is 74.3 cm³/mol. The third kappa shape index (κ3) is 4.02. The van der Waals surface area contributed by atoms with Gasteiger partial charge in [0.15, 0.2) is 0 Å². The number of carbonyl (C=O) groups excluding carboxylic acids is 2. The maximum absolute atomic E-state index is 13.4. The van der Waals surface area contributed by atoms with Crippen LogP contribution in [0.4, 0.5) is 4.39 Å². The molecule has 19 heavy (non-hydrogen) atoms. The lowest BCUT2D eigenvalue weighted by Gasteiger charge is -2.20. The van der Waals surface area contributed by atoms with Crippen LogP contribution < -0.4 is 5.32 Å². The molecule has 2 amide bonds. The molecule has 0 bridgehead atoms. The van der Waals surface area contributed by atoms with E-state index in [1.165, 1.54) is 23.1 Å². The lowest BCUT2D eigenvalue weighted by molar-refractivity contribution is -0.124. The summed E-state index contributed by atoms with van der Waals surface area (Å²) >= 11 is 3.03. The molecule has 0 fully saturated rings. The summed E-state index contributed by atoms with van der Waals surface area (Å²) in [6, 6.07) is 4.20. The van der Waals surface area contributed by atoms with Gasteiger partial charge in [-0.2, -0.15) is 0 Å². The van der Waals surface area contributed by atoms with Crippen LogP contribution in [0.2, 0.25) is 0 Å². The molecule has 1 aromatic rings. The highest BCUT2D eigenvalue weighted by Crippen LogP contribution is 2.17. The highest BCUT2D eigenvalue weighted by Gasteiger charge is 2.19. The van der Waals surface area contributed by atoms with Gasteiger partial charge in [0.2, 0.25) is 5.91 Å². The maximum Gasteiger partial charge on any atom is 0.253 e. The van der Waals surface area contributed by atoms with Gasteiger partial charge in [-0.15, -0.1) is 0 Å². The van der Waals surface area contributed by atoms with Gasteiger partial charge in [0.1, 0.15) is 5.82 Å². The molecular formula is C13H16BrFN2O2. The highest BCUT2D eigenvalue weighted by molar-refractivity contribution is 9.10. The van der Waals surface area contributed by atoms with Crippen LogP contribution in [0.25, 0.3) is 0 Å². The predicted octanol–water partition coefficient (Wildman–Crippen LogP) is 2.04. The van der Waals surface area contributed by atoms with Crippen LogP contribution >= 0.6 is 15.9 Å². The number of amides is 2. The van der Waals surface area contributed by atoms with E-state index in [2.05, 4.69) is 21.2 Å². The Bertz CT molecular complexity index is 494. The number of hydrogen-bond acceptors (Lipinski definition) is 2. The lowest BCUT2D eigenvalue weighted by atomic mass is 10.1. The van der Waals surface area contributed by atoms with E-state index in [4.69, 9.17) is 0 Å². The molecule has 0 spiro atoms. The second-order valence-electron chi connectivity index (χ2n) is 4.33. The zero-order valence-corrected chi connectivity index (χ0v) is 12.6. The quantitative estimate of drug-likeness (QED) is 0.918. The van der Waals surface area contributed by atoms with Gasteiger partial charge in [-0.25, -0.2) is 4.39 Å². The molecule has 4 nitrogen and oxygen atoms in total. The fraction of sp³-hybridized carbons (Fsp3) is 0.385. The smallest absolute Gasteiger partial charge is 0.253 e. The van der Waals surface area contributed by atoms with Crippen LogP contribution in [0.3, 0.4) is 0 Å². The summed E-state index contributed by atoms with van der Waals surface area (Å²) in [4.78, 5) is 24.9. The van der Waals surface area contributed by atoms with Gasteiger partial charge in [0.05, 0.1) is 10.4 Å². The monoisotopic (exact) mass is 330 g/mol. The van der Waals surface area contributed by atoms with Crippen molar-refractivity contribution in [1.29, 1.82) is 0 Å². The van der Waals surface area contributed by atoms with Crippen LogP contribution in [-0.2, 0) is 4.79 Å². The topological polar surface area (TPSA) is 49.4 Å².